The Bertz CT molecular complexity index is 1110. The minimum absolute atomic E-state index is 0.0296. The third kappa shape index (κ3) is 3.76. The van der Waals surface area contributed by atoms with Crippen molar-refractivity contribution in [3.8, 4) is 17.1 Å². The average molecular weight is 434 g/mol. The van der Waals surface area contributed by atoms with Crippen LogP contribution in [-0.2, 0) is 6.42 Å². The summed E-state index contributed by atoms with van der Waals surface area (Å²) < 4.78 is 0. The van der Waals surface area contributed by atoms with E-state index >= 15 is 0 Å². The van der Waals surface area contributed by atoms with Gasteiger partial charge in [-0.15, -0.1) is 0 Å². The fraction of sp³-hybridized carbons (Fsp3) is 0.375. The first-order valence-electron chi connectivity index (χ1n) is 11.1. The van der Waals surface area contributed by atoms with Crippen LogP contribution >= 0.6 is 0 Å². The second kappa shape index (κ2) is 8.72. The van der Waals surface area contributed by atoms with E-state index in [-0.39, 0.29) is 31.0 Å². The lowest BCUT2D eigenvalue weighted by molar-refractivity contribution is 0.255. The Morgan fingerprint density at radius 1 is 0.875 bits per heavy atom. The lowest BCUT2D eigenvalue weighted by Crippen LogP contribution is -2.39. The van der Waals surface area contributed by atoms with Gasteiger partial charge in [-0.1, -0.05) is 36.4 Å². The van der Waals surface area contributed by atoms with Gasteiger partial charge in [0, 0.05) is 18.7 Å². The van der Waals surface area contributed by atoms with Crippen LogP contribution in [-0.4, -0.2) is 62.6 Å². The van der Waals surface area contributed by atoms with Crippen molar-refractivity contribution < 1.29 is 15.3 Å². The molecular formula is C24H27N5O3. The van der Waals surface area contributed by atoms with Gasteiger partial charge in [-0.25, -0.2) is 0 Å². The first kappa shape index (κ1) is 20.7. The summed E-state index contributed by atoms with van der Waals surface area (Å²) >= 11 is 0. The number of anilines is 2. The number of aromatic nitrogens is 3. The van der Waals surface area contributed by atoms with Crippen LogP contribution in [0.1, 0.15) is 30.0 Å². The maximum atomic E-state index is 10.3. The molecule has 0 amide bonds. The van der Waals surface area contributed by atoms with E-state index < -0.39 is 0 Å². The molecule has 0 radical (unpaired) electrons. The second-order valence-corrected chi connectivity index (χ2v) is 8.32. The van der Waals surface area contributed by atoms with Crippen molar-refractivity contribution in [3.05, 3.63) is 59.7 Å². The molecule has 2 atom stereocenters. The van der Waals surface area contributed by atoms with E-state index in [0.717, 1.165) is 31.4 Å². The van der Waals surface area contributed by atoms with Gasteiger partial charge in [0.1, 0.15) is 5.75 Å². The van der Waals surface area contributed by atoms with Crippen LogP contribution in [0.2, 0.25) is 0 Å². The minimum atomic E-state index is -0.251. The van der Waals surface area contributed by atoms with Crippen LogP contribution in [0.3, 0.4) is 0 Å². The van der Waals surface area contributed by atoms with Gasteiger partial charge < -0.3 is 25.1 Å². The number of aromatic hydroxyl groups is 1. The van der Waals surface area contributed by atoms with Crippen LogP contribution in [0.5, 0.6) is 5.75 Å². The molecule has 2 aliphatic heterocycles. The van der Waals surface area contributed by atoms with Crippen LogP contribution < -0.4 is 9.80 Å². The largest absolute Gasteiger partial charge is 0.508 e. The summed E-state index contributed by atoms with van der Waals surface area (Å²) in [4.78, 5) is 18.3. The van der Waals surface area contributed by atoms with Gasteiger partial charge in [-0.3, -0.25) is 0 Å². The third-order valence-corrected chi connectivity index (χ3v) is 6.40. The number of fused-ring (bicyclic) bond motifs is 1. The zero-order chi connectivity index (χ0) is 22.1. The summed E-state index contributed by atoms with van der Waals surface area (Å²) in [5, 5.41) is 30.1. The lowest BCUT2D eigenvalue weighted by Gasteiger charge is -2.37. The third-order valence-electron chi connectivity index (χ3n) is 6.40. The number of benzene rings is 2. The van der Waals surface area contributed by atoms with E-state index in [1.165, 1.54) is 5.56 Å². The normalized spacial score (nSPS) is 20.4. The number of phenolic OH excluding ortho intramolecular Hbond substituents is 1. The van der Waals surface area contributed by atoms with E-state index in [9.17, 15) is 15.3 Å². The Balaban J connectivity index is 1.61. The Hall–Kier alpha value is -3.23. The zero-order valence-corrected chi connectivity index (χ0v) is 17.8. The fourth-order valence-corrected chi connectivity index (χ4v) is 4.76. The van der Waals surface area contributed by atoms with E-state index in [1.54, 1.807) is 18.2 Å². The molecule has 5 rings (SSSR count). The van der Waals surface area contributed by atoms with Crippen molar-refractivity contribution in [2.75, 3.05) is 36.1 Å². The van der Waals surface area contributed by atoms with Crippen molar-refractivity contribution in [1.82, 2.24) is 15.0 Å². The summed E-state index contributed by atoms with van der Waals surface area (Å²) in [7, 11) is 0. The fourth-order valence-electron chi connectivity index (χ4n) is 4.76. The molecule has 8 heteroatoms. The molecule has 1 saturated heterocycles. The Morgan fingerprint density at radius 2 is 1.69 bits per heavy atom. The van der Waals surface area contributed by atoms with Gasteiger partial charge in [-0.05, 0) is 42.5 Å². The molecule has 2 aromatic carbocycles. The van der Waals surface area contributed by atoms with E-state index in [0.29, 0.717) is 29.8 Å². The summed E-state index contributed by atoms with van der Waals surface area (Å²) in [6.07, 6.45) is 2.68. The Labute approximate surface area is 186 Å². The molecule has 32 heavy (non-hydrogen) atoms. The summed E-state index contributed by atoms with van der Waals surface area (Å²) in [5.41, 5.74) is 2.99. The minimum Gasteiger partial charge on any atom is -0.508 e. The Kier molecular flexibility index (Phi) is 5.63. The molecule has 0 saturated carbocycles. The van der Waals surface area contributed by atoms with Crippen LogP contribution in [0, 0.1) is 0 Å². The number of aliphatic hydroxyl groups excluding tert-OH is 2. The molecule has 1 aromatic heterocycles. The molecular weight excluding hydrogens is 406 g/mol. The zero-order valence-electron chi connectivity index (χ0n) is 17.8. The maximum Gasteiger partial charge on any atom is 0.231 e. The maximum absolute atomic E-state index is 10.3. The quantitative estimate of drug-likeness (QED) is 0.563. The van der Waals surface area contributed by atoms with Crippen molar-refractivity contribution >= 4 is 11.9 Å². The molecule has 0 unspecified atom stereocenters. The number of hydrogen-bond acceptors (Lipinski definition) is 8. The van der Waals surface area contributed by atoms with Gasteiger partial charge >= 0.3 is 0 Å². The molecule has 0 bridgehead atoms. The van der Waals surface area contributed by atoms with E-state index in [2.05, 4.69) is 6.07 Å². The predicted octanol–water partition coefficient (Wildman–Crippen LogP) is 2.30. The first-order valence-corrected chi connectivity index (χ1v) is 11.1. The topological polar surface area (TPSA) is 106 Å². The number of nitrogens with zero attached hydrogens (tertiary/aromatic N) is 5. The highest BCUT2D eigenvalue weighted by molar-refractivity contribution is 5.61. The molecule has 2 aliphatic rings. The molecule has 3 heterocycles. The van der Waals surface area contributed by atoms with Crippen molar-refractivity contribution in [2.24, 2.45) is 0 Å². The highest BCUT2D eigenvalue weighted by Gasteiger charge is 2.32. The smallest absolute Gasteiger partial charge is 0.231 e. The molecule has 0 aliphatic carbocycles. The van der Waals surface area contributed by atoms with Crippen LogP contribution in [0.4, 0.5) is 11.9 Å². The molecule has 3 N–H and O–H groups in total. The van der Waals surface area contributed by atoms with Crippen LogP contribution in [0.25, 0.3) is 11.4 Å². The number of phenols is 1. The molecule has 166 valence electrons. The van der Waals surface area contributed by atoms with Crippen molar-refractivity contribution in [2.45, 2.75) is 31.3 Å². The number of aliphatic hydroxyl groups is 2. The van der Waals surface area contributed by atoms with Gasteiger partial charge in [0.2, 0.25) is 11.9 Å². The first-order chi connectivity index (χ1) is 15.7. The molecule has 3 aromatic rings. The molecule has 8 nitrogen and oxygen atoms in total. The van der Waals surface area contributed by atoms with Gasteiger partial charge in [-0.2, -0.15) is 15.0 Å². The van der Waals surface area contributed by atoms with Crippen LogP contribution in [0.15, 0.2) is 48.5 Å². The highest BCUT2D eigenvalue weighted by atomic mass is 16.3. The Morgan fingerprint density at radius 3 is 2.47 bits per heavy atom. The predicted molar refractivity (Wildman–Crippen MR) is 122 cm³/mol. The highest BCUT2D eigenvalue weighted by Crippen LogP contribution is 2.34. The SMILES string of the molecule is OC[C@@H]1CCCN1c1nc(-c2cccc(O)c2)nc(N2CCc3ccccc3[C@@H]2CO)n1. The van der Waals surface area contributed by atoms with E-state index in [1.807, 2.05) is 34.1 Å². The average Bonchev–Trinajstić information content (AvgIpc) is 3.32. The monoisotopic (exact) mass is 433 g/mol. The van der Waals surface area contributed by atoms with Crippen molar-refractivity contribution in [3.63, 3.8) is 0 Å². The summed E-state index contributed by atoms with van der Waals surface area (Å²) in [5.74, 6) is 1.60. The summed E-state index contributed by atoms with van der Waals surface area (Å²) in [6.45, 7) is 1.43. The molecule has 1 fully saturated rings. The van der Waals surface area contributed by atoms with Gasteiger partial charge in [0.25, 0.3) is 0 Å². The summed E-state index contributed by atoms with van der Waals surface area (Å²) in [6, 6.07) is 14.7. The van der Waals surface area contributed by atoms with E-state index in [4.69, 9.17) is 15.0 Å². The standard InChI is InChI=1S/C24H27N5O3/c30-14-18-7-4-11-28(18)23-25-22(17-6-3-8-19(32)13-17)26-24(27-23)29-12-10-16-5-1-2-9-20(16)21(29)15-31/h1-3,5-6,8-9,13,18,21,30-32H,4,7,10-12,14-15H2/t18-,21-/m0/s1. The van der Waals surface area contributed by atoms with Gasteiger partial charge in [0.05, 0.1) is 25.3 Å². The number of rotatable bonds is 5. The second-order valence-electron chi connectivity index (χ2n) is 8.32. The lowest BCUT2D eigenvalue weighted by atomic mass is 9.93. The van der Waals surface area contributed by atoms with Crippen molar-refractivity contribution in [1.29, 1.82) is 0 Å². The molecule has 0 spiro atoms. The number of hydrogen-bond donors (Lipinski definition) is 3. The van der Waals surface area contributed by atoms with Gasteiger partial charge in [0.15, 0.2) is 5.82 Å².